The first-order chi connectivity index (χ1) is 11.2. The van der Waals surface area contributed by atoms with E-state index in [1.807, 2.05) is 46.7 Å². The van der Waals surface area contributed by atoms with Crippen molar-refractivity contribution < 1.29 is 9.59 Å². The third kappa shape index (κ3) is 3.95. The molecular weight excluding hydrogens is 346 g/mol. The number of benzene rings is 1. The topological polar surface area (TPSA) is 66.6 Å². The van der Waals surface area contributed by atoms with Gasteiger partial charge < -0.3 is 15.5 Å². The molecule has 5 nitrogen and oxygen atoms in total. The molecule has 2 aromatic rings. The third-order valence-corrected chi connectivity index (χ3v) is 4.88. The minimum Gasteiger partial charge on any atom is -0.335 e. The molecule has 2 amide bonds. The van der Waals surface area contributed by atoms with Crippen LogP contribution in [-0.4, -0.2) is 47.8 Å². The molecule has 1 aromatic heterocycles. The molecule has 7 heteroatoms. The van der Waals surface area contributed by atoms with Crippen LogP contribution in [0.2, 0.25) is 0 Å². The van der Waals surface area contributed by atoms with E-state index in [1.165, 1.54) is 11.3 Å². The molecule has 0 saturated carbocycles. The number of carbonyl (C=O) groups excluding carboxylic acids is 2. The highest BCUT2D eigenvalue weighted by Crippen LogP contribution is 2.15. The van der Waals surface area contributed by atoms with Crippen LogP contribution in [0.4, 0.5) is 0 Å². The molecule has 0 atom stereocenters. The molecule has 24 heavy (non-hydrogen) atoms. The van der Waals surface area contributed by atoms with Crippen LogP contribution < -0.4 is 5.73 Å². The van der Waals surface area contributed by atoms with Gasteiger partial charge in [0.15, 0.2) is 0 Å². The van der Waals surface area contributed by atoms with E-state index < -0.39 is 0 Å². The summed E-state index contributed by atoms with van der Waals surface area (Å²) < 4.78 is 0. The molecule has 0 radical (unpaired) electrons. The zero-order valence-electron chi connectivity index (χ0n) is 13.2. The highest BCUT2D eigenvalue weighted by molar-refractivity contribution is 7.12. The normalized spacial score (nSPS) is 14.2. The molecule has 1 aliphatic rings. The van der Waals surface area contributed by atoms with Crippen molar-refractivity contribution >= 4 is 35.6 Å². The second-order valence-corrected chi connectivity index (χ2v) is 6.41. The summed E-state index contributed by atoms with van der Waals surface area (Å²) in [6, 6.07) is 11.1. The Morgan fingerprint density at radius 2 is 1.54 bits per heavy atom. The average molecular weight is 366 g/mol. The van der Waals surface area contributed by atoms with Gasteiger partial charge in [-0.2, -0.15) is 0 Å². The number of hydrogen-bond acceptors (Lipinski definition) is 4. The van der Waals surface area contributed by atoms with Crippen LogP contribution in [0.3, 0.4) is 0 Å². The Labute approximate surface area is 151 Å². The molecule has 3 rings (SSSR count). The van der Waals surface area contributed by atoms with Crippen LogP contribution in [0.25, 0.3) is 0 Å². The number of nitrogens with zero attached hydrogens (tertiary/aromatic N) is 2. The van der Waals surface area contributed by atoms with Gasteiger partial charge in [0.05, 0.1) is 4.88 Å². The average Bonchev–Trinajstić information content (AvgIpc) is 3.15. The van der Waals surface area contributed by atoms with Crippen molar-refractivity contribution in [3.63, 3.8) is 0 Å². The second kappa shape index (κ2) is 8.28. The van der Waals surface area contributed by atoms with Gasteiger partial charge in [-0.15, -0.1) is 23.7 Å². The van der Waals surface area contributed by atoms with Crippen LogP contribution in [0.15, 0.2) is 41.8 Å². The van der Waals surface area contributed by atoms with Gasteiger partial charge in [-0.25, -0.2) is 0 Å². The van der Waals surface area contributed by atoms with Gasteiger partial charge in [-0.3, -0.25) is 9.59 Å². The van der Waals surface area contributed by atoms with Crippen molar-refractivity contribution in [1.82, 2.24) is 9.80 Å². The lowest BCUT2D eigenvalue weighted by Gasteiger charge is -2.34. The number of nitrogens with two attached hydrogens (primary N) is 1. The Balaban J connectivity index is 0.00000208. The smallest absolute Gasteiger partial charge is 0.264 e. The molecule has 1 fully saturated rings. The number of carbonyl (C=O) groups is 2. The summed E-state index contributed by atoms with van der Waals surface area (Å²) >= 11 is 1.45. The monoisotopic (exact) mass is 365 g/mol. The lowest BCUT2D eigenvalue weighted by molar-refractivity contribution is 0.0538. The number of hydrogen-bond donors (Lipinski definition) is 1. The molecule has 1 saturated heterocycles. The van der Waals surface area contributed by atoms with E-state index in [4.69, 9.17) is 5.73 Å². The van der Waals surface area contributed by atoms with Crippen LogP contribution in [0, 0.1) is 0 Å². The van der Waals surface area contributed by atoms with Gasteiger partial charge in [-0.05, 0) is 29.1 Å². The first-order valence-corrected chi connectivity index (χ1v) is 8.48. The van der Waals surface area contributed by atoms with Gasteiger partial charge in [-0.1, -0.05) is 18.2 Å². The van der Waals surface area contributed by atoms with Crippen molar-refractivity contribution in [1.29, 1.82) is 0 Å². The summed E-state index contributed by atoms with van der Waals surface area (Å²) in [6.07, 6.45) is 0. The van der Waals surface area contributed by atoms with E-state index in [-0.39, 0.29) is 24.2 Å². The van der Waals surface area contributed by atoms with Gasteiger partial charge >= 0.3 is 0 Å². The van der Waals surface area contributed by atoms with Crippen molar-refractivity contribution in [3.8, 4) is 0 Å². The maximum absolute atomic E-state index is 12.5. The fourth-order valence-corrected chi connectivity index (χ4v) is 3.33. The summed E-state index contributed by atoms with van der Waals surface area (Å²) in [6.45, 7) is 2.74. The molecule has 1 aromatic carbocycles. The van der Waals surface area contributed by atoms with Crippen LogP contribution in [-0.2, 0) is 6.54 Å². The molecule has 2 N–H and O–H groups in total. The molecule has 0 spiro atoms. The molecule has 0 bridgehead atoms. The van der Waals surface area contributed by atoms with Gasteiger partial charge in [0, 0.05) is 38.3 Å². The van der Waals surface area contributed by atoms with Gasteiger partial charge in [0.1, 0.15) is 0 Å². The molecule has 128 valence electrons. The number of amides is 2. The highest BCUT2D eigenvalue weighted by Gasteiger charge is 2.25. The van der Waals surface area contributed by atoms with Crippen molar-refractivity contribution in [3.05, 3.63) is 57.8 Å². The largest absolute Gasteiger partial charge is 0.335 e. The summed E-state index contributed by atoms with van der Waals surface area (Å²) in [5.41, 5.74) is 7.24. The fraction of sp³-hybridized carbons (Fsp3) is 0.294. The zero-order valence-corrected chi connectivity index (χ0v) is 14.8. The summed E-state index contributed by atoms with van der Waals surface area (Å²) in [5, 5.41) is 1.90. The maximum atomic E-state index is 12.5. The van der Waals surface area contributed by atoms with E-state index in [9.17, 15) is 9.59 Å². The molecule has 0 aliphatic carbocycles. The first kappa shape index (κ1) is 18.4. The second-order valence-electron chi connectivity index (χ2n) is 5.46. The van der Waals surface area contributed by atoms with Gasteiger partial charge in [0.25, 0.3) is 11.8 Å². The van der Waals surface area contributed by atoms with E-state index in [1.54, 1.807) is 4.90 Å². The molecular formula is C17H20ClN3O2S. The van der Waals surface area contributed by atoms with E-state index in [0.29, 0.717) is 38.3 Å². The van der Waals surface area contributed by atoms with Crippen LogP contribution in [0.1, 0.15) is 25.6 Å². The lowest BCUT2D eigenvalue weighted by atomic mass is 10.1. The van der Waals surface area contributed by atoms with E-state index in [2.05, 4.69) is 0 Å². The first-order valence-electron chi connectivity index (χ1n) is 7.60. The molecule has 2 heterocycles. The molecule has 0 unspecified atom stereocenters. The number of thiophene rings is 1. The quantitative estimate of drug-likeness (QED) is 0.907. The lowest BCUT2D eigenvalue weighted by Crippen LogP contribution is -2.50. The summed E-state index contributed by atoms with van der Waals surface area (Å²) in [5.74, 6) is 0.0659. The predicted molar refractivity (Wildman–Crippen MR) is 97.7 cm³/mol. The van der Waals surface area contributed by atoms with Crippen molar-refractivity contribution in [2.45, 2.75) is 6.54 Å². The fourth-order valence-electron chi connectivity index (χ4n) is 2.63. The number of halogens is 1. The minimum absolute atomic E-state index is 0. The Morgan fingerprint density at radius 1 is 0.958 bits per heavy atom. The minimum atomic E-state index is 0. The Bertz CT molecular complexity index is 680. The van der Waals surface area contributed by atoms with Crippen LogP contribution >= 0.6 is 23.7 Å². The predicted octanol–water partition coefficient (Wildman–Crippen LogP) is 2.23. The standard InChI is InChI=1S/C17H19N3O2S.ClH/c18-12-13-3-5-14(6-4-13)16(21)19-7-9-20(10-8-19)17(22)15-2-1-11-23-15;/h1-6,11H,7-10,12,18H2;1H. The summed E-state index contributed by atoms with van der Waals surface area (Å²) in [4.78, 5) is 29.2. The summed E-state index contributed by atoms with van der Waals surface area (Å²) in [7, 11) is 0. The Kier molecular flexibility index (Phi) is 6.36. The molecule has 1 aliphatic heterocycles. The number of rotatable bonds is 3. The Hall–Kier alpha value is -1.89. The van der Waals surface area contributed by atoms with Crippen molar-refractivity contribution in [2.24, 2.45) is 5.73 Å². The number of piperazine rings is 1. The Morgan fingerprint density at radius 3 is 2.04 bits per heavy atom. The highest BCUT2D eigenvalue weighted by atomic mass is 35.5. The maximum Gasteiger partial charge on any atom is 0.264 e. The van der Waals surface area contributed by atoms with E-state index in [0.717, 1.165) is 10.4 Å². The van der Waals surface area contributed by atoms with Crippen LogP contribution in [0.5, 0.6) is 0 Å². The van der Waals surface area contributed by atoms with Gasteiger partial charge in [0.2, 0.25) is 0 Å². The zero-order chi connectivity index (χ0) is 16.2. The SMILES string of the molecule is Cl.NCc1ccc(C(=O)N2CCN(C(=O)c3cccs3)CC2)cc1. The van der Waals surface area contributed by atoms with E-state index >= 15 is 0 Å². The van der Waals surface area contributed by atoms with Crippen molar-refractivity contribution in [2.75, 3.05) is 26.2 Å². The third-order valence-electron chi connectivity index (χ3n) is 4.02.